The summed E-state index contributed by atoms with van der Waals surface area (Å²) in [4.78, 5) is 14.9. The molecule has 6 heteroatoms. The number of hydrogen-bond acceptors (Lipinski definition) is 3. The van der Waals surface area contributed by atoms with Gasteiger partial charge < -0.3 is 4.90 Å². The van der Waals surface area contributed by atoms with Crippen LogP contribution in [0.4, 0.5) is 11.4 Å². The molecular formula is C22H22N2O3S. The minimum absolute atomic E-state index is 0.00109. The predicted molar refractivity (Wildman–Crippen MR) is 113 cm³/mol. The fraction of sp³-hybridized carbons (Fsp3) is 0.227. The molecule has 0 spiro atoms. The molecule has 0 N–H and O–H groups in total. The summed E-state index contributed by atoms with van der Waals surface area (Å²) in [6.45, 7) is 1.76. The molecule has 0 aliphatic carbocycles. The molecule has 1 aliphatic heterocycles. The van der Waals surface area contributed by atoms with Crippen LogP contribution in [0.1, 0.15) is 12.5 Å². The molecule has 3 aromatic rings. The Morgan fingerprint density at radius 3 is 2.50 bits per heavy atom. The van der Waals surface area contributed by atoms with E-state index in [1.807, 2.05) is 67.6 Å². The molecule has 0 fully saturated rings. The number of para-hydroxylation sites is 1. The molecule has 28 heavy (non-hydrogen) atoms. The maximum Gasteiger partial charge on any atom is 0.248 e. The molecule has 0 radical (unpaired) electrons. The second-order valence-corrected chi connectivity index (χ2v) is 9.12. The number of hydrogen-bond donors (Lipinski definition) is 0. The van der Waals surface area contributed by atoms with E-state index in [1.165, 1.54) is 4.31 Å². The highest BCUT2D eigenvalue weighted by molar-refractivity contribution is 7.92. The van der Waals surface area contributed by atoms with E-state index in [2.05, 4.69) is 0 Å². The van der Waals surface area contributed by atoms with Crippen molar-refractivity contribution in [3.8, 4) is 0 Å². The molecule has 0 bridgehead atoms. The standard InChI is InChI=1S/C22H22N2O3S/c1-16-14-18-9-4-6-12-20(18)24(16)22(25)15-23(28(2,26)27)21-13-7-10-17-8-3-5-11-19(17)21/h3-13,16H,14-15H2,1-2H3. The minimum atomic E-state index is -3.64. The number of sulfonamides is 1. The quantitative estimate of drug-likeness (QED) is 0.680. The Kier molecular flexibility index (Phi) is 4.59. The van der Waals surface area contributed by atoms with Crippen molar-refractivity contribution < 1.29 is 13.2 Å². The van der Waals surface area contributed by atoms with Crippen LogP contribution in [0.3, 0.4) is 0 Å². The third kappa shape index (κ3) is 3.24. The van der Waals surface area contributed by atoms with Crippen molar-refractivity contribution in [1.82, 2.24) is 0 Å². The van der Waals surface area contributed by atoms with Crippen LogP contribution in [0.2, 0.25) is 0 Å². The lowest BCUT2D eigenvalue weighted by Gasteiger charge is -2.28. The van der Waals surface area contributed by atoms with Crippen molar-refractivity contribution in [2.24, 2.45) is 0 Å². The lowest BCUT2D eigenvalue weighted by Crippen LogP contribution is -2.45. The van der Waals surface area contributed by atoms with Crippen molar-refractivity contribution in [2.45, 2.75) is 19.4 Å². The predicted octanol–water partition coefficient (Wildman–Crippen LogP) is 3.58. The topological polar surface area (TPSA) is 57.7 Å². The third-order valence-corrected chi connectivity index (χ3v) is 6.32. The zero-order valence-corrected chi connectivity index (χ0v) is 16.7. The number of nitrogens with zero attached hydrogens (tertiary/aromatic N) is 2. The van der Waals surface area contributed by atoms with Crippen molar-refractivity contribution in [3.05, 3.63) is 72.3 Å². The van der Waals surface area contributed by atoms with E-state index in [9.17, 15) is 13.2 Å². The summed E-state index contributed by atoms with van der Waals surface area (Å²) in [6.07, 6.45) is 1.92. The van der Waals surface area contributed by atoms with Crippen LogP contribution in [-0.4, -0.2) is 33.2 Å². The SMILES string of the molecule is CC1Cc2ccccc2N1C(=O)CN(c1cccc2ccccc12)S(C)(=O)=O. The van der Waals surface area contributed by atoms with Crippen LogP contribution in [0.25, 0.3) is 10.8 Å². The minimum Gasteiger partial charge on any atom is -0.307 e. The van der Waals surface area contributed by atoms with Gasteiger partial charge in [0.25, 0.3) is 0 Å². The summed E-state index contributed by atoms with van der Waals surface area (Å²) in [6, 6.07) is 20.9. The summed E-state index contributed by atoms with van der Waals surface area (Å²) in [5.41, 5.74) is 2.50. The molecule has 1 unspecified atom stereocenters. The van der Waals surface area contributed by atoms with Crippen molar-refractivity contribution in [3.63, 3.8) is 0 Å². The molecule has 1 aliphatic rings. The largest absolute Gasteiger partial charge is 0.307 e. The van der Waals surface area contributed by atoms with Crippen LogP contribution < -0.4 is 9.21 Å². The van der Waals surface area contributed by atoms with Crippen molar-refractivity contribution >= 4 is 38.1 Å². The Labute approximate surface area is 165 Å². The number of anilines is 2. The maximum absolute atomic E-state index is 13.2. The first kappa shape index (κ1) is 18.5. The lowest BCUT2D eigenvalue weighted by molar-refractivity contribution is -0.117. The fourth-order valence-electron chi connectivity index (χ4n) is 3.95. The third-order valence-electron chi connectivity index (χ3n) is 5.19. The second kappa shape index (κ2) is 6.95. The average Bonchev–Trinajstić information content (AvgIpc) is 3.00. The molecule has 1 amide bonds. The second-order valence-electron chi connectivity index (χ2n) is 7.21. The maximum atomic E-state index is 13.2. The van der Waals surface area contributed by atoms with E-state index in [0.717, 1.165) is 34.7 Å². The summed E-state index contributed by atoms with van der Waals surface area (Å²) >= 11 is 0. The van der Waals surface area contributed by atoms with E-state index < -0.39 is 10.0 Å². The molecule has 0 aromatic heterocycles. The zero-order chi connectivity index (χ0) is 19.9. The molecule has 1 atom stereocenters. The van der Waals surface area contributed by atoms with Gasteiger partial charge in [-0.3, -0.25) is 9.10 Å². The zero-order valence-electron chi connectivity index (χ0n) is 15.9. The first-order chi connectivity index (χ1) is 13.4. The van der Waals surface area contributed by atoms with Crippen LogP contribution in [0.5, 0.6) is 0 Å². The molecule has 5 nitrogen and oxygen atoms in total. The van der Waals surface area contributed by atoms with Gasteiger partial charge in [-0.15, -0.1) is 0 Å². The number of carbonyl (C=O) groups excluding carboxylic acids is 1. The van der Waals surface area contributed by atoms with E-state index in [4.69, 9.17) is 0 Å². The van der Waals surface area contributed by atoms with Crippen LogP contribution in [0, 0.1) is 0 Å². The van der Waals surface area contributed by atoms with Gasteiger partial charge in [0, 0.05) is 17.1 Å². The van der Waals surface area contributed by atoms with Gasteiger partial charge in [0.15, 0.2) is 0 Å². The average molecular weight is 394 g/mol. The lowest BCUT2D eigenvalue weighted by atomic mass is 10.1. The highest BCUT2D eigenvalue weighted by Crippen LogP contribution is 2.33. The number of fused-ring (bicyclic) bond motifs is 2. The summed E-state index contributed by atoms with van der Waals surface area (Å²) < 4.78 is 26.4. The molecule has 3 aromatic carbocycles. The fourth-order valence-corrected chi connectivity index (χ4v) is 4.81. The van der Waals surface area contributed by atoms with Crippen molar-refractivity contribution in [1.29, 1.82) is 0 Å². The van der Waals surface area contributed by atoms with Gasteiger partial charge in [0.2, 0.25) is 15.9 Å². The van der Waals surface area contributed by atoms with Gasteiger partial charge >= 0.3 is 0 Å². The Hall–Kier alpha value is -2.86. The summed E-state index contributed by atoms with van der Waals surface area (Å²) in [5.74, 6) is -0.226. The molecule has 0 saturated heterocycles. The Bertz CT molecular complexity index is 1150. The number of rotatable bonds is 4. The number of carbonyl (C=O) groups is 1. The smallest absolute Gasteiger partial charge is 0.248 e. The van der Waals surface area contributed by atoms with Gasteiger partial charge in [0.1, 0.15) is 6.54 Å². The summed E-state index contributed by atoms with van der Waals surface area (Å²) in [7, 11) is -3.64. The highest BCUT2D eigenvalue weighted by Gasteiger charge is 2.33. The normalized spacial score (nSPS) is 16.2. The van der Waals surface area contributed by atoms with Gasteiger partial charge in [-0.1, -0.05) is 54.6 Å². The van der Waals surface area contributed by atoms with Crippen LogP contribution >= 0.6 is 0 Å². The summed E-state index contributed by atoms with van der Waals surface area (Å²) in [5, 5.41) is 1.74. The monoisotopic (exact) mass is 394 g/mol. The van der Waals surface area contributed by atoms with Crippen LogP contribution in [-0.2, 0) is 21.2 Å². The van der Waals surface area contributed by atoms with Gasteiger partial charge in [-0.2, -0.15) is 0 Å². The highest BCUT2D eigenvalue weighted by atomic mass is 32.2. The Balaban J connectivity index is 1.74. The Morgan fingerprint density at radius 1 is 1.04 bits per heavy atom. The first-order valence-electron chi connectivity index (χ1n) is 9.21. The molecule has 1 heterocycles. The van der Waals surface area contributed by atoms with Gasteiger partial charge in [-0.05, 0) is 36.4 Å². The number of amides is 1. The van der Waals surface area contributed by atoms with Gasteiger partial charge in [-0.25, -0.2) is 8.42 Å². The molecule has 0 saturated carbocycles. The van der Waals surface area contributed by atoms with Gasteiger partial charge in [0.05, 0.1) is 11.9 Å². The molecular weight excluding hydrogens is 372 g/mol. The van der Waals surface area contributed by atoms with Crippen LogP contribution in [0.15, 0.2) is 66.7 Å². The number of benzene rings is 3. The molecule has 144 valence electrons. The van der Waals surface area contributed by atoms with E-state index in [-0.39, 0.29) is 18.5 Å². The van der Waals surface area contributed by atoms with E-state index in [1.54, 1.807) is 11.0 Å². The Morgan fingerprint density at radius 2 is 1.71 bits per heavy atom. The van der Waals surface area contributed by atoms with Crippen molar-refractivity contribution in [2.75, 3.05) is 22.0 Å². The van der Waals surface area contributed by atoms with E-state index in [0.29, 0.717) is 5.69 Å². The first-order valence-corrected chi connectivity index (χ1v) is 11.1. The van der Waals surface area contributed by atoms with E-state index >= 15 is 0 Å². The molecule has 4 rings (SSSR count).